The van der Waals surface area contributed by atoms with Gasteiger partial charge in [0.25, 0.3) is 5.91 Å². The van der Waals surface area contributed by atoms with Crippen LogP contribution < -0.4 is 14.8 Å². The number of rotatable bonds is 4. The summed E-state index contributed by atoms with van der Waals surface area (Å²) in [5.41, 5.74) is 1.39. The highest BCUT2D eigenvalue weighted by Gasteiger charge is 2.32. The van der Waals surface area contributed by atoms with Gasteiger partial charge in [0.05, 0.1) is 11.8 Å². The zero-order valence-corrected chi connectivity index (χ0v) is 14.3. The van der Waals surface area contributed by atoms with Crippen LogP contribution in [-0.4, -0.2) is 36.1 Å². The third kappa shape index (κ3) is 3.24. The van der Waals surface area contributed by atoms with Gasteiger partial charge in [-0.25, -0.2) is 0 Å². The molecule has 0 aliphatic carbocycles. The summed E-state index contributed by atoms with van der Waals surface area (Å²) >= 11 is 0. The van der Waals surface area contributed by atoms with Gasteiger partial charge in [0.15, 0.2) is 11.5 Å². The van der Waals surface area contributed by atoms with Crippen LogP contribution in [-0.2, 0) is 11.3 Å². The minimum absolute atomic E-state index is 0.140. The first-order valence-corrected chi connectivity index (χ1v) is 8.72. The van der Waals surface area contributed by atoms with Crippen molar-refractivity contribution in [2.75, 3.05) is 13.3 Å². The van der Waals surface area contributed by atoms with Crippen LogP contribution in [0.1, 0.15) is 35.2 Å². The lowest BCUT2D eigenvalue weighted by Crippen LogP contribution is -2.51. The highest BCUT2D eigenvalue weighted by Crippen LogP contribution is 2.32. The third-order valence-corrected chi connectivity index (χ3v) is 4.74. The number of carbonyl (C=O) groups excluding carboxylic acids is 2. The molecule has 1 saturated heterocycles. The highest BCUT2D eigenvalue weighted by molar-refractivity contribution is 5.97. The van der Waals surface area contributed by atoms with Crippen LogP contribution >= 0.6 is 0 Å². The lowest BCUT2D eigenvalue weighted by Gasteiger charge is -2.34. The molecule has 0 unspecified atom stereocenters. The first kappa shape index (κ1) is 16.5. The molecule has 7 nitrogen and oxygen atoms in total. The molecule has 0 spiro atoms. The van der Waals surface area contributed by atoms with Crippen molar-refractivity contribution in [2.45, 2.75) is 31.8 Å². The molecule has 0 saturated carbocycles. The Balaban J connectivity index is 1.41. The van der Waals surface area contributed by atoms with Gasteiger partial charge >= 0.3 is 0 Å². The molecular weight excluding hydrogens is 336 g/mol. The summed E-state index contributed by atoms with van der Waals surface area (Å²) in [5.74, 6) is 1.09. The van der Waals surface area contributed by atoms with Gasteiger partial charge in [0, 0.05) is 13.1 Å². The average molecular weight is 356 g/mol. The molecule has 2 amide bonds. The molecule has 1 atom stereocenters. The van der Waals surface area contributed by atoms with Crippen LogP contribution in [0.3, 0.4) is 0 Å². The molecule has 1 aromatic heterocycles. The van der Waals surface area contributed by atoms with E-state index in [1.165, 1.54) is 12.5 Å². The molecular formula is C19H20N2O5. The number of hydrogen-bond acceptors (Lipinski definition) is 5. The van der Waals surface area contributed by atoms with Gasteiger partial charge in [-0.1, -0.05) is 6.07 Å². The van der Waals surface area contributed by atoms with E-state index >= 15 is 0 Å². The summed E-state index contributed by atoms with van der Waals surface area (Å²) in [6.45, 7) is 1.17. The third-order valence-electron chi connectivity index (χ3n) is 4.74. The molecule has 0 radical (unpaired) electrons. The van der Waals surface area contributed by atoms with Crippen molar-refractivity contribution in [2.24, 2.45) is 0 Å². The Morgan fingerprint density at radius 2 is 2.04 bits per heavy atom. The topological polar surface area (TPSA) is 81.0 Å². The quantitative estimate of drug-likeness (QED) is 0.909. The second kappa shape index (κ2) is 7.11. The first-order chi connectivity index (χ1) is 12.7. The summed E-state index contributed by atoms with van der Waals surface area (Å²) in [6, 6.07) is 6.75. The zero-order valence-electron chi connectivity index (χ0n) is 14.3. The monoisotopic (exact) mass is 356 g/mol. The van der Waals surface area contributed by atoms with Crippen molar-refractivity contribution in [3.8, 4) is 11.5 Å². The number of benzene rings is 1. The van der Waals surface area contributed by atoms with E-state index < -0.39 is 6.04 Å². The fourth-order valence-electron chi connectivity index (χ4n) is 3.36. The van der Waals surface area contributed by atoms with Crippen molar-refractivity contribution in [1.29, 1.82) is 0 Å². The zero-order chi connectivity index (χ0) is 17.9. The van der Waals surface area contributed by atoms with Crippen LogP contribution in [0, 0.1) is 0 Å². The number of furan rings is 1. The molecule has 26 heavy (non-hydrogen) atoms. The Bertz CT molecular complexity index is 802. The maximum absolute atomic E-state index is 12.7. The molecule has 3 heterocycles. The SMILES string of the molecule is O=C(NCc1ccc2c(c1)OCO2)[C@@H]1CCCCN1C(=O)c1ccoc1. The van der Waals surface area contributed by atoms with Gasteiger partial charge in [0.2, 0.25) is 12.7 Å². The van der Waals surface area contributed by atoms with Gasteiger partial charge in [0.1, 0.15) is 12.3 Å². The average Bonchev–Trinajstić information content (AvgIpc) is 3.36. The smallest absolute Gasteiger partial charge is 0.257 e. The van der Waals surface area contributed by atoms with Gasteiger partial charge < -0.3 is 24.1 Å². The molecule has 4 rings (SSSR count). The van der Waals surface area contributed by atoms with E-state index in [1.54, 1.807) is 11.0 Å². The van der Waals surface area contributed by atoms with Crippen LogP contribution in [0.25, 0.3) is 0 Å². The van der Waals surface area contributed by atoms with E-state index in [9.17, 15) is 9.59 Å². The normalized spacial score (nSPS) is 18.6. The van der Waals surface area contributed by atoms with E-state index in [2.05, 4.69) is 5.32 Å². The van der Waals surface area contributed by atoms with Crippen LogP contribution in [0.4, 0.5) is 0 Å². The van der Waals surface area contributed by atoms with E-state index in [0.29, 0.717) is 36.6 Å². The van der Waals surface area contributed by atoms with Crippen molar-refractivity contribution < 1.29 is 23.5 Å². The lowest BCUT2D eigenvalue weighted by atomic mass is 10.0. The predicted molar refractivity (Wildman–Crippen MR) is 91.8 cm³/mol. The van der Waals surface area contributed by atoms with Crippen molar-refractivity contribution in [3.05, 3.63) is 47.9 Å². The summed E-state index contributed by atoms with van der Waals surface area (Å²) in [5, 5.41) is 2.94. The van der Waals surface area contributed by atoms with Crippen LogP contribution in [0.5, 0.6) is 11.5 Å². The number of fused-ring (bicyclic) bond motifs is 1. The number of nitrogens with zero attached hydrogens (tertiary/aromatic N) is 1. The number of piperidine rings is 1. The van der Waals surface area contributed by atoms with E-state index in [4.69, 9.17) is 13.9 Å². The van der Waals surface area contributed by atoms with Gasteiger partial charge in [-0.15, -0.1) is 0 Å². The molecule has 2 aromatic rings. The Labute approximate surface area is 150 Å². The number of hydrogen-bond donors (Lipinski definition) is 1. The second-order valence-electron chi connectivity index (χ2n) is 6.43. The van der Waals surface area contributed by atoms with E-state index in [1.807, 2.05) is 18.2 Å². The lowest BCUT2D eigenvalue weighted by molar-refractivity contribution is -0.126. The van der Waals surface area contributed by atoms with Crippen molar-refractivity contribution in [1.82, 2.24) is 10.2 Å². The molecule has 1 N–H and O–H groups in total. The van der Waals surface area contributed by atoms with E-state index in [0.717, 1.165) is 18.4 Å². The minimum Gasteiger partial charge on any atom is -0.472 e. The Kier molecular flexibility index (Phi) is 4.51. The van der Waals surface area contributed by atoms with Gasteiger partial charge in [-0.3, -0.25) is 9.59 Å². The van der Waals surface area contributed by atoms with Crippen molar-refractivity contribution in [3.63, 3.8) is 0 Å². The number of ether oxygens (including phenoxy) is 2. The number of nitrogens with one attached hydrogen (secondary N) is 1. The minimum atomic E-state index is -0.458. The Morgan fingerprint density at radius 3 is 2.88 bits per heavy atom. The fraction of sp³-hybridized carbons (Fsp3) is 0.368. The fourth-order valence-corrected chi connectivity index (χ4v) is 3.36. The molecule has 0 bridgehead atoms. The van der Waals surface area contributed by atoms with Crippen LogP contribution in [0.15, 0.2) is 41.2 Å². The molecule has 136 valence electrons. The Morgan fingerprint density at radius 1 is 1.15 bits per heavy atom. The molecule has 2 aliphatic heterocycles. The summed E-state index contributed by atoms with van der Waals surface area (Å²) < 4.78 is 15.6. The molecule has 1 fully saturated rings. The highest BCUT2D eigenvalue weighted by atomic mass is 16.7. The number of amides is 2. The second-order valence-corrected chi connectivity index (χ2v) is 6.43. The number of likely N-dealkylation sites (tertiary alicyclic amines) is 1. The predicted octanol–water partition coefficient (Wildman–Crippen LogP) is 2.32. The summed E-state index contributed by atoms with van der Waals surface area (Å²) in [4.78, 5) is 27.0. The number of carbonyl (C=O) groups is 2. The van der Waals surface area contributed by atoms with Gasteiger partial charge in [-0.2, -0.15) is 0 Å². The largest absolute Gasteiger partial charge is 0.472 e. The molecule has 1 aromatic carbocycles. The van der Waals surface area contributed by atoms with Crippen LogP contribution in [0.2, 0.25) is 0 Å². The maximum Gasteiger partial charge on any atom is 0.257 e. The Hall–Kier alpha value is -2.96. The standard InChI is InChI=1S/C19H20N2O5/c22-18(20-10-13-4-5-16-17(9-13)26-12-25-16)15-3-1-2-7-21(15)19(23)14-6-8-24-11-14/h4-6,8-9,11,15H,1-3,7,10,12H2,(H,20,22)/t15-/m0/s1. The summed E-state index contributed by atoms with van der Waals surface area (Å²) in [7, 11) is 0. The maximum atomic E-state index is 12.7. The first-order valence-electron chi connectivity index (χ1n) is 8.72. The van der Waals surface area contributed by atoms with E-state index in [-0.39, 0.29) is 18.6 Å². The molecule has 7 heteroatoms. The van der Waals surface area contributed by atoms with Crippen molar-refractivity contribution >= 4 is 11.8 Å². The summed E-state index contributed by atoms with van der Waals surface area (Å²) in [6.07, 6.45) is 5.37. The molecule has 2 aliphatic rings. The van der Waals surface area contributed by atoms with Gasteiger partial charge in [-0.05, 0) is 43.0 Å².